The van der Waals surface area contributed by atoms with Crippen LogP contribution in [0.5, 0.6) is 0 Å². The van der Waals surface area contributed by atoms with Crippen molar-refractivity contribution in [3.63, 3.8) is 0 Å². The molecule has 0 atom stereocenters. The minimum absolute atomic E-state index is 0. The van der Waals surface area contributed by atoms with Crippen molar-refractivity contribution in [2.75, 3.05) is 5.73 Å². The van der Waals surface area contributed by atoms with Gasteiger partial charge in [0.15, 0.2) is 0 Å². The fraction of sp³-hybridized carbons (Fsp3) is 0.500. The van der Waals surface area contributed by atoms with E-state index in [9.17, 15) is 9.59 Å². The first-order chi connectivity index (χ1) is 7.28. The molecule has 0 aliphatic rings. The van der Waals surface area contributed by atoms with Gasteiger partial charge in [0.1, 0.15) is 18.0 Å². The summed E-state index contributed by atoms with van der Waals surface area (Å²) in [4.78, 5) is 26.2. The van der Waals surface area contributed by atoms with E-state index in [-0.39, 0.29) is 30.9 Å². The summed E-state index contributed by atoms with van der Waals surface area (Å²) in [6, 6.07) is 1.45. The Hall–Kier alpha value is -1.27. The minimum Gasteiger partial charge on any atom is -0.459 e. The molecule has 0 aliphatic carbocycles. The molecule has 17 heavy (non-hydrogen) atoms. The second-order valence-corrected chi connectivity index (χ2v) is 4.35. The van der Waals surface area contributed by atoms with Crippen molar-refractivity contribution >= 4 is 11.8 Å². The quantitative estimate of drug-likeness (QED) is 0.778. The monoisotopic (exact) mass is 276 g/mol. The molecule has 1 radical (unpaired) electrons. The van der Waals surface area contributed by atoms with Crippen LogP contribution in [0.2, 0.25) is 0 Å². The first-order valence-electron chi connectivity index (χ1n) is 4.83. The number of aromatic nitrogens is 2. The van der Waals surface area contributed by atoms with Crippen LogP contribution in [0.4, 0.5) is 5.82 Å². The van der Waals surface area contributed by atoms with E-state index in [1.54, 1.807) is 20.8 Å². The average molecular weight is 276 g/mol. The standard InChI is InChI=1S/C10H15N3O3.V/c1-10(2,3)16-8(14)6-13-5-4-7(11)12-9(13)15;/h4-5H,6H2,1-3H3,(H2,11,12,15);. The van der Waals surface area contributed by atoms with Crippen LogP contribution >= 0.6 is 0 Å². The molecule has 7 heteroatoms. The van der Waals surface area contributed by atoms with Crippen molar-refractivity contribution in [3.05, 3.63) is 22.7 Å². The van der Waals surface area contributed by atoms with E-state index in [1.807, 2.05) is 0 Å². The van der Waals surface area contributed by atoms with Crippen LogP contribution < -0.4 is 11.4 Å². The number of nitrogens with two attached hydrogens (primary N) is 1. The smallest absolute Gasteiger partial charge is 0.350 e. The first-order valence-corrected chi connectivity index (χ1v) is 4.83. The number of carbonyl (C=O) groups excluding carboxylic acids is 1. The molecule has 1 rings (SSSR count). The Kier molecular flexibility index (Phi) is 5.45. The molecule has 0 saturated carbocycles. The van der Waals surface area contributed by atoms with E-state index in [4.69, 9.17) is 10.5 Å². The van der Waals surface area contributed by atoms with Gasteiger partial charge in [0.05, 0.1) is 0 Å². The summed E-state index contributed by atoms with van der Waals surface area (Å²) < 4.78 is 6.21. The Morgan fingerprint density at radius 2 is 2.12 bits per heavy atom. The Balaban J connectivity index is 0.00000256. The van der Waals surface area contributed by atoms with Gasteiger partial charge in [-0.05, 0) is 26.8 Å². The van der Waals surface area contributed by atoms with Crippen molar-refractivity contribution in [1.82, 2.24) is 9.55 Å². The van der Waals surface area contributed by atoms with Gasteiger partial charge in [0, 0.05) is 24.8 Å². The molecule has 1 heterocycles. The van der Waals surface area contributed by atoms with Gasteiger partial charge in [-0.15, -0.1) is 0 Å². The maximum absolute atomic E-state index is 11.4. The van der Waals surface area contributed by atoms with Crippen molar-refractivity contribution in [1.29, 1.82) is 0 Å². The number of nitrogen functional groups attached to an aromatic ring is 1. The Bertz CT molecular complexity index is 451. The SMILES string of the molecule is CC(C)(C)OC(=O)Cn1ccc(N)nc1=O.[V]. The number of nitrogens with zero attached hydrogens (tertiary/aromatic N) is 2. The van der Waals surface area contributed by atoms with E-state index in [2.05, 4.69) is 4.98 Å². The van der Waals surface area contributed by atoms with Crippen molar-refractivity contribution < 1.29 is 28.1 Å². The average Bonchev–Trinajstić information content (AvgIpc) is 2.06. The molecule has 0 saturated heterocycles. The van der Waals surface area contributed by atoms with E-state index in [1.165, 1.54) is 12.3 Å². The number of rotatable bonds is 2. The van der Waals surface area contributed by atoms with Gasteiger partial charge < -0.3 is 10.5 Å². The van der Waals surface area contributed by atoms with Crippen LogP contribution in [0.1, 0.15) is 20.8 Å². The maximum atomic E-state index is 11.4. The largest absolute Gasteiger partial charge is 0.459 e. The van der Waals surface area contributed by atoms with Crippen LogP contribution in [-0.4, -0.2) is 21.1 Å². The van der Waals surface area contributed by atoms with Crippen LogP contribution in [-0.2, 0) is 34.6 Å². The summed E-state index contributed by atoms with van der Waals surface area (Å²) >= 11 is 0. The molecule has 0 bridgehead atoms. The molecule has 0 fully saturated rings. The fourth-order valence-corrected chi connectivity index (χ4v) is 1.08. The van der Waals surface area contributed by atoms with Gasteiger partial charge in [-0.2, -0.15) is 4.98 Å². The number of esters is 1. The number of anilines is 1. The number of ether oxygens (including phenoxy) is 1. The van der Waals surface area contributed by atoms with Gasteiger partial charge in [0.2, 0.25) is 0 Å². The third-order valence-corrected chi connectivity index (χ3v) is 1.62. The minimum atomic E-state index is -0.568. The fourth-order valence-electron chi connectivity index (χ4n) is 1.08. The number of carbonyl (C=O) groups is 1. The summed E-state index contributed by atoms with van der Waals surface area (Å²) in [5.74, 6) is -0.355. The van der Waals surface area contributed by atoms with Gasteiger partial charge in [-0.25, -0.2) is 4.79 Å². The molecular weight excluding hydrogens is 261 g/mol. The van der Waals surface area contributed by atoms with Crippen LogP contribution in [0.3, 0.4) is 0 Å². The zero-order valence-electron chi connectivity index (χ0n) is 10.0. The summed E-state index contributed by atoms with van der Waals surface area (Å²) in [5.41, 5.74) is 4.19. The summed E-state index contributed by atoms with van der Waals surface area (Å²) in [6.07, 6.45) is 1.41. The second-order valence-electron chi connectivity index (χ2n) is 4.35. The summed E-state index contributed by atoms with van der Waals surface area (Å²) in [6.45, 7) is 5.11. The molecule has 0 aromatic carbocycles. The van der Waals surface area contributed by atoms with Gasteiger partial charge in [0.25, 0.3) is 0 Å². The van der Waals surface area contributed by atoms with E-state index in [0.717, 1.165) is 4.57 Å². The Morgan fingerprint density at radius 3 is 2.59 bits per heavy atom. The van der Waals surface area contributed by atoms with Crippen molar-refractivity contribution in [2.45, 2.75) is 32.9 Å². The van der Waals surface area contributed by atoms with Gasteiger partial charge in [-0.1, -0.05) is 0 Å². The van der Waals surface area contributed by atoms with Crippen LogP contribution in [0, 0.1) is 0 Å². The maximum Gasteiger partial charge on any atom is 0.350 e. The van der Waals surface area contributed by atoms with Gasteiger partial charge in [-0.3, -0.25) is 9.36 Å². The molecule has 0 aliphatic heterocycles. The molecule has 0 amide bonds. The summed E-state index contributed by atoms with van der Waals surface area (Å²) in [5, 5.41) is 0. The van der Waals surface area contributed by atoms with Crippen LogP contribution in [0.15, 0.2) is 17.1 Å². The zero-order chi connectivity index (χ0) is 12.3. The second kappa shape index (κ2) is 5.88. The molecular formula is C10H15N3O3V. The predicted octanol–water partition coefficient (Wildman–Crippen LogP) is 0.165. The molecule has 0 unspecified atom stereocenters. The number of hydrogen-bond acceptors (Lipinski definition) is 5. The zero-order valence-corrected chi connectivity index (χ0v) is 11.4. The third kappa shape index (κ3) is 5.56. The van der Waals surface area contributed by atoms with Gasteiger partial charge >= 0.3 is 11.7 Å². The van der Waals surface area contributed by atoms with E-state index < -0.39 is 17.3 Å². The topological polar surface area (TPSA) is 87.2 Å². The first kappa shape index (κ1) is 15.7. The molecule has 93 valence electrons. The summed E-state index contributed by atoms with van der Waals surface area (Å²) in [7, 11) is 0. The van der Waals surface area contributed by atoms with E-state index >= 15 is 0 Å². The van der Waals surface area contributed by atoms with Crippen molar-refractivity contribution in [3.8, 4) is 0 Å². The molecule has 0 spiro atoms. The normalized spacial score (nSPS) is 10.5. The molecule has 2 N–H and O–H groups in total. The number of hydrogen-bond donors (Lipinski definition) is 1. The molecule has 1 aromatic rings. The molecule has 1 aromatic heterocycles. The van der Waals surface area contributed by atoms with Crippen LogP contribution in [0.25, 0.3) is 0 Å². The third-order valence-electron chi connectivity index (χ3n) is 1.62. The predicted molar refractivity (Wildman–Crippen MR) is 58.8 cm³/mol. The van der Waals surface area contributed by atoms with Crippen molar-refractivity contribution in [2.24, 2.45) is 0 Å². The molecule has 6 nitrogen and oxygen atoms in total. The Labute approximate surface area is 111 Å². The Morgan fingerprint density at radius 1 is 1.53 bits per heavy atom. The van der Waals surface area contributed by atoms with E-state index in [0.29, 0.717) is 0 Å².